The van der Waals surface area contributed by atoms with E-state index < -0.39 is 0 Å². The summed E-state index contributed by atoms with van der Waals surface area (Å²) in [5.41, 5.74) is 2.93. The van der Waals surface area contributed by atoms with Crippen LogP contribution >= 0.6 is 15.9 Å². The molecule has 3 nitrogen and oxygen atoms in total. The summed E-state index contributed by atoms with van der Waals surface area (Å²) in [6.07, 6.45) is 2.41. The van der Waals surface area contributed by atoms with Crippen molar-refractivity contribution in [1.29, 1.82) is 0 Å². The molecule has 2 N–H and O–H groups in total. The van der Waals surface area contributed by atoms with Gasteiger partial charge in [0.2, 0.25) is 5.91 Å². The maximum Gasteiger partial charge on any atom is 0.222 e. The first-order chi connectivity index (χ1) is 9.97. The molecule has 0 radical (unpaired) electrons. The Morgan fingerprint density at radius 2 is 2.24 bits per heavy atom. The molecule has 112 valence electrons. The number of H-pyrrole nitrogens is 1. The molecule has 1 aliphatic carbocycles. The molecule has 1 amide bonds. The molecule has 1 aliphatic rings. The van der Waals surface area contributed by atoms with Crippen molar-refractivity contribution in [2.75, 3.05) is 0 Å². The third-order valence-electron chi connectivity index (χ3n) is 4.11. The summed E-state index contributed by atoms with van der Waals surface area (Å²) in [7, 11) is 0. The number of nitrogens with one attached hydrogen (secondary N) is 2. The average Bonchev–Trinajstić information content (AvgIpc) is 2.81. The molecule has 0 saturated heterocycles. The van der Waals surface area contributed by atoms with Gasteiger partial charge in [0.15, 0.2) is 0 Å². The van der Waals surface area contributed by atoms with Crippen LogP contribution in [0.3, 0.4) is 0 Å². The van der Waals surface area contributed by atoms with E-state index in [1.165, 1.54) is 0 Å². The zero-order valence-electron chi connectivity index (χ0n) is 12.1. The van der Waals surface area contributed by atoms with Crippen LogP contribution in [0.5, 0.6) is 0 Å². The normalized spacial score (nSPS) is 18.0. The summed E-state index contributed by atoms with van der Waals surface area (Å²) in [5, 5.41) is 3.72. The molecule has 0 spiro atoms. The molecule has 0 bridgehead atoms. The Morgan fingerprint density at radius 1 is 1.48 bits per heavy atom. The number of aryl methyl sites for hydroxylation is 1. The van der Waals surface area contributed by atoms with Crippen LogP contribution in [0.25, 0.3) is 10.9 Å². The second-order valence-electron chi connectivity index (χ2n) is 5.97. The van der Waals surface area contributed by atoms with Crippen molar-refractivity contribution >= 4 is 32.7 Å². The first-order valence-corrected chi connectivity index (χ1v) is 8.04. The topological polar surface area (TPSA) is 44.9 Å². The second kappa shape index (κ2) is 5.44. The van der Waals surface area contributed by atoms with Crippen molar-refractivity contribution in [3.63, 3.8) is 0 Å². The van der Waals surface area contributed by atoms with E-state index in [0.717, 1.165) is 29.6 Å². The van der Waals surface area contributed by atoms with Gasteiger partial charge in [0.05, 0.1) is 4.47 Å². The minimum atomic E-state index is -0.221. The summed E-state index contributed by atoms with van der Waals surface area (Å²) in [4.78, 5) is 15.2. The van der Waals surface area contributed by atoms with Crippen LogP contribution in [0.1, 0.15) is 31.5 Å². The van der Waals surface area contributed by atoms with Crippen molar-refractivity contribution < 1.29 is 9.18 Å². The fraction of sp³-hybridized carbons (Fsp3) is 0.438. The number of hydrogen-bond donors (Lipinski definition) is 2. The van der Waals surface area contributed by atoms with Gasteiger partial charge in [-0.25, -0.2) is 4.39 Å². The van der Waals surface area contributed by atoms with Gasteiger partial charge in [-0.2, -0.15) is 0 Å². The van der Waals surface area contributed by atoms with E-state index >= 15 is 0 Å². The van der Waals surface area contributed by atoms with E-state index in [1.54, 1.807) is 6.07 Å². The largest absolute Gasteiger partial charge is 0.358 e. The Bertz CT molecular complexity index is 708. The Kier molecular flexibility index (Phi) is 3.78. The standard InChI is InChI=1S/C16H18BrFN2O/c1-8(2)16(21)19-9-3-5-12-10(7-9)14-13(20-12)6-4-11(17)15(14)18/h4,6,8-9,20H,3,5,7H2,1-2H3,(H,19,21). The molecule has 0 aliphatic heterocycles. The lowest BCUT2D eigenvalue weighted by Gasteiger charge is -2.24. The van der Waals surface area contributed by atoms with E-state index in [4.69, 9.17) is 0 Å². The van der Waals surface area contributed by atoms with Gasteiger partial charge >= 0.3 is 0 Å². The lowest BCUT2D eigenvalue weighted by atomic mass is 9.91. The Balaban J connectivity index is 1.94. The monoisotopic (exact) mass is 352 g/mol. The summed E-state index contributed by atoms with van der Waals surface area (Å²) in [6.45, 7) is 3.76. The zero-order chi connectivity index (χ0) is 15.1. The molecule has 1 unspecified atom stereocenters. The predicted molar refractivity (Wildman–Crippen MR) is 84.8 cm³/mol. The highest BCUT2D eigenvalue weighted by molar-refractivity contribution is 9.10. The minimum Gasteiger partial charge on any atom is -0.358 e. The van der Waals surface area contributed by atoms with E-state index in [1.807, 2.05) is 19.9 Å². The number of carbonyl (C=O) groups excluding carboxylic acids is 1. The molecule has 1 atom stereocenters. The Hall–Kier alpha value is -1.36. The fourth-order valence-electron chi connectivity index (χ4n) is 2.94. The molecule has 1 aromatic carbocycles. The molecule has 3 rings (SSSR count). The number of rotatable bonds is 2. The highest BCUT2D eigenvalue weighted by atomic mass is 79.9. The van der Waals surface area contributed by atoms with Crippen LogP contribution in [0.4, 0.5) is 4.39 Å². The molecule has 1 heterocycles. The van der Waals surface area contributed by atoms with Crippen LogP contribution in [-0.2, 0) is 17.6 Å². The summed E-state index contributed by atoms with van der Waals surface area (Å²) in [5.74, 6) is -0.189. The van der Waals surface area contributed by atoms with Crippen molar-refractivity contribution in [2.45, 2.75) is 39.2 Å². The average molecular weight is 353 g/mol. The van der Waals surface area contributed by atoms with E-state index in [2.05, 4.69) is 26.2 Å². The summed E-state index contributed by atoms with van der Waals surface area (Å²) >= 11 is 3.24. The molecule has 5 heteroatoms. The van der Waals surface area contributed by atoms with Crippen molar-refractivity contribution in [1.82, 2.24) is 10.3 Å². The molecule has 0 fully saturated rings. The van der Waals surface area contributed by atoms with Crippen molar-refractivity contribution in [3.8, 4) is 0 Å². The van der Waals surface area contributed by atoms with Gasteiger partial charge < -0.3 is 10.3 Å². The first-order valence-electron chi connectivity index (χ1n) is 7.25. The SMILES string of the molecule is CC(C)C(=O)NC1CCc2[nH]c3ccc(Br)c(F)c3c2C1. The van der Waals surface area contributed by atoms with Gasteiger partial charge in [0.1, 0.15) is 5.82 Å². The van der Waals surface area contributed by atoms with Crippen molar-refractivity contribution in [2.24, 2.45) is 5.92 Å². The fourth-order valence-corrected chi connectivity index (χ4v) is 3.27. The molecular formula is C16H18BrFN2O. The maximum absolute atomic E-state index is 14.4. The molecule has 0 saturated carbocycles. The van der Waals surface area contributed by atoms with E-state index in [9.17, 15) is 9.18 Å². The van der Waals surface area contributed by atoms with Gasteiger partial charge in [0, 0.05) is 28.6 Å². The third-order valence-corrected chi connectivity index (χ3v) is 4.72. The van der Waals surface area contributed by atoms with Gasteiger partial charge in [-0.15, -0.1) is 0 Å². The van der Waals surface area contributed by atoms with E-state index in [-0.39, 0.29) is 23.7 Å². The van der Waals surface area contributed by atoms with Crippen LogP contribution in [0.15, 0.2) is 16.6 Å². The summed E-state index contributed by atoms with van der Waals surface area (Å²) in [6, 6.07) is 3.70. The number of hydrogen-bond acceptors (Lipinski definition) is 1. The lowest BCUT2D eigenvalue weighted by Crippen LogP contribution is -2.40. The smallest absolute Gasteiger partial charge is 0.222 e. The maximum atomic E-state index is 14.4. The van der Waals surface area contributed by atoms with Crippen LogP contribution in [0.2, 0.25) is 0 Å². The third kappa shape index (κ3) is 2.59. The molecule has 2 aromatic rings. The van der Waals surface area contributed by atoms with Crippen molar-refractivity contribution in [3.05, 3.63) is 33.7 Å². The quantitative estimate of drug-likeness (QED) is 0.850. The van der Waals surface area contributed by atoms with Gasteiger partial charge in [-0.1, -0.05) is 13.8 Å². The zero-order valence-corrected chi connectivity index (χ0v) is 13.7. The lowest BCUT2D eigenvalue weighted by molar-refractivity contribution is -0.124. The number of carbonyl (C=O) groups is 1. The second-order valence-corrected chi connectivity index (χ2v) is 6.82. The number of benzene rings is 1. The molecular weight excluding hydrogens is 335 g/mol. The number of fused-ring (bicyclic) bond motifs is 3. The Morgan fingerprint density at radius 3 is 2.95 bits per heavy atom. The molecule has 21 heavy (non-hydrogen) atoms. The summed E-state index contributed by atoms with van der Waals surface area (Å²) < 4.78 is 14.9. The number of aromatic nitrogens is 1. The van der Waals surface area contributed by atoms with Gasteiger partial charge in [-0.05, 0) is 52.9 Å². The highest BCUT2D eigenvalue weighted by Gasteiger charge is 2.26. The number of halogens is 2. The van der Waals surface area contributed by atoms with Crippen LogP contribution < -0.4 is 5.32 Å². The predicted octanol–water partition coefficient (Wildman–Crippen LogP) is 3.70. The number of aromatic amines is 1. The van der Waals surface area contributed by atoms with E-state index in [0.29, 0.717) is 16.3 Å². The molecule has 1 aromatic heterocycles. The van der Waals surface area contributed by atoms with Crippen LogP contribution in [-0.4, -0.2) is 16.9 Å². The minimum absolute atomic E-state index is 0.0275. The first kappa shape index (κ1) is 14.6. The van der Waals surface area contributed by atoms with Gasteiger partial charge in [0.25, 0.3) is 0 Å². The highest BCUT2D eigenvalue weighted by Crippen LogP contribution is 2.33. The van der Waals surface area contributed by atoms with Gasteiger partial charge in [-0.3, -0.25) is 4.79 Å². The number of amides is 1. The van der Waals surface area contributed by atoms with Crippen LogP contribution in [0, 0.1) is 11.7 Å². The Labute approximate surface area is 131 Å².